The van der Waals surface area contributed by atoms with Crippen molar-refractivity contribution in [3.05, 3.63) is 29.8 Å². The van der Waals surface area contributed by atoms with E-state index in [1.165, 1.54) is 37.1 Å². The highest BCUT2D eigenvalue weighted by molar-refractivity contribution is 5.94. The van der Waals surface area contributed by atoms with Gasteiger partial charge in [0.15, 0.2) is 0 Å². The van der Waals surface area contributed by atoms with E-state index in [-0.39, 0.29) is 17.8 Å². The number of halogens is 2. The molecule has 0 aliphatic carbocycles. The molecule has 2 heterocycles. The van der Waals surface area contributed by atoms with Gasteiger partial charge in [-0.1, -0.05) is 0 Å². The second-order valence-electron chi connectivity index (χ2n) is 5.86. The molecule has 2 aliphatic heterocycles. The van der Waals surface area contributed by atoms with Gasteiger partial charge in [-0.2, -0.15) is 8.78 Å². The van der Waals surface area contributed by atoms with E-state index in [0.29, 0.717) is 18.2 Å². The smallest absolute Gasteiger partial charge is 0.387 e. The quantitative estimate of drug-likeness (QED) is 0.898. The minimum absolute atomic E-state index is 0.00487. The van der Waals surface area contributed by atoms with Crippen LogP contribution in [0.1, 0.15) is 23.2 Å². The Morgan fingerprint density at radius 3 is 2.91 bits per heavy atom. The first-order valence-electron chi connectivity index (χ1n) is 7.80. The molecule has 0 saturated carbocycles. The maximum Gasteiger partial charge on any atom is 0.387 e. The number of carbonyl (C=O) groups is 1. The number of morpholine rings is 1. The van der Waals surface area contributed by atoms with E-state index >= 15 is 0 Å². The summed E-state index contributed by atoms with van der Waals surface area (Å²) in [4.78, 5) is 14.5. The van der Waals surface area contributed by atoms with Gasteiger partial charge in [0.1, 0.15) is 5.75 Å². The van der Waals surface area contributed by atoms with Gasteiger partial charge in [0, 0.05) is 24.7 Å². The summed E-state index contributed by atoms with van der Waals surface area (Å²) in [5, 5.41) is 2.83. The maximum absolute atomic E-state index is 12.1. The molecule has 0 radical (unpaired) electrons. The zero-order valence-electron chi connectivity index (χ0n) is 12.7. The van der Waals surface area contributed by atoms with Gasteiger partial charge in [-0.05, 0) is 43.7 Å². The van der Waals surface area contributed by atoms with Crippen molar-refractivity contribution >= 4 is 5.91 Å². The van der Waals surface area contributed by atoms with E-state index in [4.69, 9.17) is 4.74 Å². The van der Waals surface area contributed by atoms with Crippen LogP contribution in [0.2, 0.25) is 0 Å². The fourth-order valence-corrected chi connectivity index (χ4v) is 3.11. The molecule has 7 heteroatoms. The summed E-state index contributed by atoms with van der Waals surface area (Å²) < 4.78 is 34.2. The van der Waals surface area contributed by atoms with Gasteiger partial charge < -0.3 is 14.8 Å². The largest absolute Gasteiger partial charge is 0.435 e. The third kappa shape index (κ3) is 4.17. The lowest BCUT2D eigenvalue weighted by molar-refractivity contribution is -0.0498. The predicted octanol–water partition coefficient (Wildman–Crippen LogP) is 1.88. The zero-order valence-corrected chi connectivity index (χ0v) is 12.7. The van der Waals surface area contributed by atoms with E-state index in [9.17, 15) is 13.6 Å². The monoisotopic (exact) mass is 326 g/mol. The molecule has 126 valence electrons. The van der Waals surface area contributed by atoms with Crippen molar-refractivity contribution in [3.8, 4) is 5.75 Å². The summed E-state index contributed by atoms with van der Waals surface area (Å²) in [7, 11) is 0. The number of amides is 1. The molecule has 1 aromatic carbocycles. The number of benzene rings is 1. The minimum Gasteiger partial charge on any atom is -0.435 e. The second kappa shape index (κ2) is 7.23. The second-order valence-corrected chi connectivity index (χ2v) is 5.86. The maximum atomic E-state index is 12.1. The van der Waals surface area contributed by atoms with Gasteiger partial charge in [0.2, 0.25) is 0 Å². The molecule has 1 amide bonds. The number of fused-ring (bicyclic) bond motifs is 1. The molecule has 5 nitrogen and oxygen atoms in total. The Balaban J connectivity index is 1.47. The summed E-state index contributed by atoms with van der Waals surface area (Å²) in [5.41, 5.74) is 0.404. The van der Waals surface area contributed by atoms with Crippen molar-refractivity contribution in [3.63, 3.8) is 0 Å². The number of ether oxygens (including phenoxy) is 2. The van der Waals surface area contributed by atoms with Crippen LogP contribution in [0, 0.1) is 0 Å². The van der Waals surface area contributed by atoms with Gasteiger partial charge in [-0.25, -0.2) is 0 Å². The molecule has 2 aliphatic rings. The van der Waals surface area contributed by atoms with E-state index in [0.717, 1.165) is 19.7 Å². The van der Waals surface area contributed by atoms with Crippen LogP contribution in [-0.2, 0) is 4.74 Å². The standard InChI is InChI=1S/C16H20F2N2O3/c17-16(18)23-13-5-3-11(4-6-13)15(21)19-8-14-9-20-7-1-2-12(20)10-22-14/h3-6,12,14,16H,1-2,7-10H2,(H,19,21)/t12-,14+/m1/s1. The Kier molecular flexibility index (Phi) is 5.07. The Labute approximate surface area is 133 Å². The summed E-state index contributed by atoms with van der Waals surface area (Å²) in [6.45, 7) is 0.237. The summed E-state index contributed by atoms with van der Waals surface area (Å²) in [6, 6.07) is 6.17. The summed E-state index contributed by atoms with van der Waals surface area (Å²) in [5.74, 6) is -0.215. The van der Waals surface area contributed by atoms with Crippen molar-refractivity contribution in [2.24, 2.45) is 0 Å². The molecule has 23 heavy (non-hydrogen) atoms. The van der Waals surface area contributed by atoms with E-state index in [1.807, 2.05) is 0 Å². The van der Waals surface area contributed by atoms with Crippen molar-refractivity contribution in [1.29, 1.82) is 0 Å². The van der Waals surface area contributed by atoms with E-state index in [2.05, 4.69) is 15.0 Å². The third-order valence-corrected chi connectivity index (χ3v) is 4.29. The first kappa shape index (κ1) is 16.1. The lowest BCUT2D eigenvalue weighted by Gasteiger charge is -2.35. The molecule has 2 fully saturated rings. The van der Waals surface area contributed by atoms with Crippen molar-refractivity contribution in [1.82, 2.24) is 10.2 Å². The normalized spacial score (nSPS) is 24.5. The van der Waals surface area contributed by atoms with Crippen LogP contribution in [0.5, 0.6) is 5.75 Å². The third-order valence-electron chi connectivity index (χ3n) is 4.29. The molecule has 0 unspecified atom stereocenters. The molecule has 2 saturated heterocycles. The average Bonchev–Trinajstić information content (AvgIpc) is 3.00. The molecule has 0 aromatic heterocycles. The number of nitrogens with one attached hydrogen (secondary N) is 1. The van der Waals surface area contributed by atoms with Crippen molar-refractivity contribution in [2.45, 2.75) is 31.6 Å². The van der Waals surface area contributed by atoms with E-state index < -0.39 is 6.61 Å². The number of nitrogens with zero attached hydrogens (tertiary/aromatic N) is 1. The number of hydrogen-bond donors (Lipinski definition) is 1. The van der Waals surface area contributed by atoms with Crippen LogP contribution in [0.25, 0.3) is 0 Å². The summed E-state index contributed by atoms with van der Waals surface area (Å²) >= 11 is 0. The molecule has 3 rings (SSSR count). The van der Waals surface area contributed by atoms with Crippen molar-refractivity contribution < 1.29 is 23.0 Å². The zero-order chi connectivity index (χ0) is 16.2. The Morgan fingerprint density at radius 2 is 2.17 bits per heavy atom. The number of alkyl halides is 2. The molecule has 1 N–H and O–H groups in total. The van der Waals surface area contributed by atoms with Gasteiger partial charge >= 0.3 is 6.61 Å². The van der Waals surface area contributed by atoms with Crippen molar-refractivity contribution in [2.75, 3.05) is 26.2 Å². The SMILES string of the molecule is O=C(NC[C@H]1CN2CCC[C@@H]2CO1)c1ccc(OC(F)F)cc1. The van der Waals surface area contributed by atoms with Crippen LogP contribution in [0.3, 0.4) is 0 Å². The molecule has 0 spiro atoms. The topological polar surface area (TPSA) is 50.8 Å². The van der Waals surface area contributed by atoms with Gasteiger partial charge in [0.25, 0.3) is 5.91 Å². The highest BCUT2D eigenvalue weighted by atomic mass is 19.3. The highest BCUT2D eigenvalue weighted by Gasteiger charge is 2.32. The predicted molar refractivity (Wildman–Crippen MR) is 79.7 cm³/mol. The lowest BCUT2D eigenvalue weighted by atomic mass is 10.1. The summed E-state index contributed by atoms with van der Waals surface area (Å²) in [6.07, 6.45) is 2.39. The van der Waals surface area contributed by atoms with Crippen LogP contribution < -0.4 is 10.1 Å². The fourth-order valence-electron chi connectivity index (χ4n) is 3.11. The Hall–Kier alpha value is -1.73. The first-order chi connectivity index (χ1) is 11.1. The number of rotatable bonds is 5. The molecular weight excluding hydrogens is 306 g/mol. The van der Waals surface area contributed by atoms with Crippen LogP contribution >= 0.6 is 0 Å². The van der Waals surface area contributed by atoms with Gasteiger partial charge in [-0.3, -0.25) is 9.69 Å². The molecule has 1 aromatic rings. The Bertz CT molecular complexity index is 539. The van der Waals surface area contributed by atoms with Crippen LogP contribution in [0.15, 0.2) is 24.3 Å². The Morgan fingerprint density at radius 1 is 1.39 bits per heavy atom. The minimum atomic E-state index is -2.87. The lowest BCUT2D eigenvalue weighted by Crippen LogP contribution is -2.50. The fraction of sp³-hybridized carbons (Fsp3) is 0.562. The molecule has 2 atom stereocenters. The molecule has 0 bridgehead atoms. The first-order valence-corrected chi connectivity index (χ1v) is 7.80. The van der Waals surface area contributed by atoms with Crippen LogP contribution in [0.4, 0.5) is 8.78 Å². The average molecular weight is 326 g/mol. The highest BCUT2D eigenvalue weighted by Crippen LogP contribution is 2.22. The van der Waals surface area contributed by atoms with Gasteiger partial charge in [-0.15, -0.1) is 0 Å². The van der Waals surface area contributed by atoms with Gasteiger partial charge in [0.05, 0.1) is 12.7 Å². The molecular formula is C16H20F2N2O3. The van der Waals surface area contributed by atoms with Crippen LogP contribution in [-0.4, -0.2) is 55.8 Å². The number of hydrogen-bond acceptors (Lipinski definition) is 4. The van der Waals surface area contributed by atoms with E-state index in [1.54, 1.807) is 0 Å². The number of carbonyl (C=O) groups excluding carboxylic acids is 1.